The molecule has 1 heterocycles. The molecular weight excluding hydrogens is 332 g/mol. The van der Waals surface area contributed by atoms with E-state index in [-0.39, 0.29) is 5.69 Å². The van der Waals surface area contributed by atoms with Gasteiger partial charge < -0.3 is 19.9 Å². The number of nitrogens with zero attached hydrogens (tertiary/aromatic N) is 2. The van der Waals surface area contributed by atoms with Gasteiger partial charge in [0.05, 0.1) is 7.11 Å². The molecule has 1 fully saturated rings. The molecular formula is C17H23F2N3O3. The number of carbonyl (C=O) groups excluding carboxylic acids is 2. The molecule has 1 aliphatic heterocycles. The molecule has 0 saturated carbocycles. The van der Waals surface area contributed by atoms with Gasteiger partial charge in [-0.05, 0) is 38.1 Å². The predicted molar refractivity (Wildman–Crippen MR) is 89.6 cm³/mol. The van der Waals surface area contributed by atoms with Gasteiger partial charge in [0.1, 0.15) is 17.2 Å². The van der Waals surface area contributed by atoms with Gasteiger partial charge in [-0.25, -0.2) is 18.4 Å². The first kappa shape index (κ1) is 19.1. The van der Waals surface area contributed by atoms with Gasteiger partial charge in [0.25, 0.3) is 0 Å². The molecule has 0 radical (unpaired) electrons. The third kappa shape index (κ3) is 4.88. The van der Waals surface area contributed by atoms with Crippen molar-refractivity contribution in [3.8, 4) is 0 Å². The highest BCUT2D eigenvalue weighted by Gasteiger charge is 2.22. The molecule has 1 N–H and O–H groups in total. The van der Waals surface area contributed by atoms with E-state index in [1.54, 1.807) is 4.90 Å². The maximum Gasteiger partial charge on any atom is 0.343 e. The van der Waals surface area contributed by atoms with Crippen molar-refractivity contribution in [3.05, 3.63) is 29.3 Å². The van der Waals surface area contributed by atoms with Gasteiger partial charge in [0.15, 0.2) is 0 Å². The van der Waals surface area contributed by atoms with Crippen molar-refractivity contribution in [1.82, 2.24) is 9.80 Å². The number of hydrogen-bond acceptors (Lipinski definition) is 4. The summed E-state index contributed by atoms with van der Waals surface area (Å²) in [5.41, 5.74) is -0.812. The summed E-state index contributed by atoms with van der Waals surface area (Å²) < 4.78 is 32.2. The second-order valence-corrected chi connectivity index (χ2v) is 5.92. The second-order valence-electron chi connectivity index (χ2n) is 5.92. The van der Waals surface area contributed by atoms with E-state index in [1.807, 2.05) is 0 Å². The average molecular weight is 355 g/mol. The SMILES string of the molecule is CCCN1CCCN(C(=O)Nc2cc(F)c(C(=O)OC)c(F)c2)CC1. The third-order valence-electron chi connectivity index (χ3n) is 4.10. The smallest absolute Gasteiger partial charge is 0.343 e. The van der Waals surface area contributed by atoms with Crippen LogP contribution >= 0.6 is 0 Å². The number of benzene rings is 1. The Morgan fingerprint density at radius 1 is 1.16 bits per heavy atom. The van der Waals surface area contributed by atoms with Crippen molar-refractivity contribution < 1.29 is 23.1 Å². The fourth-order valence-corrected chi connectivity index (χ4v) is 2.86. The summed E-state index contributed by atoms with van der Waals surface area (Å²) in [5.74, 6) is -3.25. The van der Waals surface area contributed by atoms with E-state index >= 15 is 0 Å². The summed E-state index contributed by atoms with van der Waals surface area (Å²) in [5, 5.41) is 2.49. The normalized spacial score (nSPS) is 15.6. The largest absolute Gasteiger partial charge is 0.465 e. The van der Waals surface area contributed by atoms with Crippen molar-refractivity contribution in [2.75, 3.05) is 45.2 Å². The maximum atomic E-state index is 13.9. The van der Waals surface area contributed by atoms with Crippen molar-refractivity contribution in [2.45, 2.75) is 19.8 Å². The van der Waals surface area contributed by atoms with Crippen LogP contribution in [-0.4, -0.2) is 61.6 Å². The molecule has 0 unspecified atom stereocenters. The van der Waals surface area contributed by atoms with E-state index in [0.29, 0.717) is 13.1 Å². The number of anilines is 1. The predicted octanol–water partition coefficient (Wildman–Crippen LogP) is 2.70. The van der Waals surface area contributed by atoms with Gasteiger partial charge in [-0.15, -0.1) is 0 Å². The fraction of sp³-hybridized carbons (Fsp3) is 0.529. The summed E-state index contributed by atoms with van der Waals surface area (Å²) in [6, 6.07) is 1.41. The van der Waals surface area contributed by atoms with Gasteiger partial charge in [-0.3, -0.25) is 0 Å². The number of hydrogen-bond donors (Lipinski definition) is 1. The van der Waals surface area contributed by atoms with Crippen LogP contribution in [0.4, 0.5) is 19.3 Å². The molecule has 6 nitrogen and oxygen atoms in total. The summed E-state index contributed by atoms with van der Waals surface area (Å²) in [7, 11) is 1.04. The molecule has 1 aliphatic rings. The minimum atomic E-state index is -1.10. The van der Waals surface area contributed by atoms with Gasteiger partial charge in [0.2, 0.25) is 0 Å². The molecule has 0 aromatic heterocycles. The Balaban J connectivity index is 2.04. The van der Waals surface area contributed by atoms with Crippen LogP contribution < -0.4 is 5.32 Å². The van der Waals surface area contributed by atoms with Crippen molar-refractivity contribution in [3.63, 3.8) is 0 Å². The van der Waals surface area contributed by atoms with E-state index in [0.717, 1.165) is 51.7 Å². The number of halogens is 2. The molecule has 1 saturated heterocycles. The number of esters is 1. The summed E-state index contributed by atoms with van der Waals surface area (Å²) in [4.78, 5) is 27.6. The standard InChI is InChI=1S/C17H23F2N3O3/c1-3-5-21-6-4-7-22(9-8-21)17(24)20-12-10-13(18)15(14(19)11-12)16(23)25-2/h10-11H,3-9H2,1-2H3,(H,20,24). The van der Waals surface area contributed by atoms with Crippen LogP contribution in [-0.2, 0) is 4.74 Å². The Bertz CT molecular complexity index is 617. The number of amides is 2. The van der Waals surface area contributed by atoms with E-state index in [1.165, 1.54) is 0 Å². The Labute approximate surface area is 145 Å². The summed E-state index contributed by atoms with van der Waals surface area (Å²) >= 11 is 0. The molecule has 2 amide bonds. The van der Waals surface area contributed by atoms with Gasteiger partial charge in [0, 0.05) is 25.3 Å². The Hall–Kier alpha value is -2.22. The van der Waals surface area contributed by atoms with Crippen LogP contribution in [0, 0.1) is 11.6 Å². The zero-order valence-corrected chi connectivity index (χ0v) is 14.5. The van der Waals surface area contributed by atoms with Crippen LogP contribution in [0.1, 0.15) is 30.1 Å². The lowest BCUT2D eigenvalue weighted by Gasteiger charge is -2.22. The zero-order valence-electron chi connectivity index (χ0n) is 14.5. The molecule has 1 aromatic rings. The monoisotopic (exact) mass is 355 g/mol. The van der Waals surface area contributed by atoms with Gasteiger partial charge >= 0.3 is 12.0 Å². The van der Waals surface area contributed by atoms with Crippen molar-refractivity contribution in [2.24, 2.45) is 0 Å². The van der Waals surface area contributed by atoms with E-state index in [9.17, 15) is 18.4 Å². The molecule has 8 heteroatoms. The number of ether oxygens (including phenoxy) is 1. The van der Waals surface area contributed by atoms with Crippen LogP contribution in [0.3, 0.4) is 0 Å². The first-order valence-corrected chi connectivity index (χ1v) is 8.32. The maximum absolute atomic E-state index is 13.9. The van der Waals surface area contributed by atoms with Crippen LogP contribution in [0.2, 0.25) is 0 Å². The second kappa shape index (κ2) is 8.75. The third-order valence-corrected chi connectivity index (χ3v) is 4.10. The Morgan fingerprint density at radius 2 is 1.84 bits per heavy atom. The quantitative estimate of drug-likeness (QED) is 0.844. The molecule has 0 atom stereocenters. The van der Waals surface area contributed by atoms with Crippen molar-refractivity contribution >= 4 is 17.7 Å². The highest BCUT2D eigenvalue weighted by molar-refractivity contribution is 5.92. The summed E-state index contributed by atoms with van der Waals surface area (Å²) in [6.07, 6.45) is 1.90. The highest BCUT2D eigenvalue weighted by atomic mass is 19.1. The van der Waals surface area contributed by atoms with E-state index in [4.69, 9.17) is 0 Å². The lowest BCUT2D eigenvalue weighted by atomic mass is 10.1. The molecule has 0 aliphatic carbocycles. The number of rotatable bonds is 4. The van der Waals surface area contributed by atoms with Crippen LogP contribution in [0.25, 0.3) is 0 Å². The number of nitrogens with one attached hydrogen (secondary N) is 1. The van der Waals surface area contributed by atoms with Crippen molar-refractivity contribution in [1.29, 1.82) is 0 Å². The topological polar surface area (TPSA) is 61.9 Å². The minimum Gasteiger partial charge on any atom is -0.465 e. The Morgan fingerprint density at radius 3 is 2.44 bits per heavy atom. The Kier molecular flexibility index (Phi) is 6.69. The molecule has 138 valence electrons. The molecule has 2 rings (SSSR count). The molecule has 0 bridgehead atoms. The highest BCUT2D eigenvalue weighted by Crippen LogP contribution is 2.20. The van der Waals surface area contributed by atoms with Gasteiger partial charge in [-0.2, -0.15) is 0 Å². The molecule has 1 aromatic carbocycles. The summed E-state index contributed by atoms with van der Waals surface area (Å²) in [6.45, 7) is 5.92. The number of methoxy groups -OCH3 is 1. The average Bonchev–Trinajstić information content (AvgIpc) is 2.80. The van der Waals surface area contributed by atoms with E-state index < -0.39 is 29.2 Å². The fourth-order valence-electron chi connectivity index (χ4n) is 2.86. The lowest BCUT2D eigenvalue weighted by Crippen LogP contribution is -2.38. The van der Waals surface area contributed by atoms with Gasteiger partial charge in [-0.1, -0.05) is 6.92 Å². The van der Waals surface area contributed by atoms with Crippen LogP contribution in [0.15, 0.2) is 12.1 Å². The van der Waals surface area contributed by atoms with E-state index in [2.05, 4.69) is 21.9 Å². The number of urea groups is 1. The molecule has 0 spiro atoms. The minimum absolute atomic E-state index is 0.0395. The lowest BCUT2D eigenvalue weighted by molar-refractivity contribution is 0.0590. The molecule has 25 heavy (non-hydrogen) atoms. The first-order chi connectivity index (χ1) is 12.0. The zero-order chi connectivity index (χ0) is 18.4. The first-order valence-electron chi connectivity index (χ1n) is 8.32. The van der Waals surface area contributed by atoms with Crippen LogP contribution in [0.5, 0.6) is 0 Å². The number of carbonyl (C=O) groups is 2.